The molecule has 0 saturated heterocycles. The van der Waals surface area contributed by atoms with E-state index in [9.17, 15) is 4.39 Å². The van der Waals surface area contributed by atoms with Crippen molar-refractivity contribution >= 4 is 0 Å². The van der Waals surface area contributed by atoms with E-state index in [1.54, 1.807) is 18.3 Å². The van der Waals surface area contributed by atoms with E-state index in [2.05, 4.69) is 10.3 Å². The molecule has 88 valence electrons. The monoisotopic (exact) mass is 230 g/mol. The zero-order valence-electron chi connectivity index (χ0n) is 9.73. The summed E-state index contributed by atoms with van der Waals surface area (Å²) in [6.07, 6.45) is 1.77. The third kappa shape index (κ3) is 2.88. The molecule has 1 heterocycles. The van der Waals surface area contributed by atoms with E-state index in [1.807, 2.05) is 25.1 Å². The first-order valence-corrected chi connectivity index (χ1v) is 5.71. The second-order valence-electron chi connectivity index (χ2n) is 3.80. The van der Waals surface area contributed by atoms with Crippen molar-refractivity contribution in [2.45, 2.75) is 13.0 Å². The molecule has 0 aliphatic carbocycles. The van der Waals surface area contributed by atoms with Crippen LogP contribution in [0, 0.1) is 5.82 Å². The molecule has 0 radical (unpaired) electrons. The van der Waals surface area contributed by atoms with Crippen LogP contribution in [0.5, 0.6) is 0 Å². The Morgan fingerprint density at radius 2 is 1.94 bits per heavy atom. The fraction of sp³-hybridized carbons (Fsp3) is 0.214. The van der Waals surface area contributed by atoms with Gasteiger partial charge in [-0.3, -0.25) is 4.98 Å². The quantitative estimate of drug-likeness (QED) is 0.873. The van der Waals surface area contributed by atoms with E-state index in [1.165, 1.54) is 12.1 Å². The molecular weight excluding hydrogens is 215 g/mol. The van der Waals surface area contributed by atoms with Gasteiger partial charge in [-0.2, -0.15) is 0 Å². The normalized spacial score (nSPS) is 12.4. The lowest BCUT2D eigenvalue weighted by Crippen LogP contribution is -2.22. The van der Waals surface area contributed by atoms with Crippen molar-refractivity contribution in [1.82, 2.24) is 10.3 Å². The van der Waals surface area contributed by atoms with Crippen molar-refractivity contribution in [3.05, 3.63) is 65.7 Å². The van der Waals surface area contributed by atoms with E-state index in [0.717, 1.165) is 17.8 Å². The molecule has 2 rings (SSSR count). The van der Waals surface area contributed by atoms with Gasteiger partial charge in [-0.1, -0.05) is 25.1 Å². The standard InChI is InChI=1S/C14H15FN2/c1-2-16-14(13-5-3-4-10-17-13)11-6-8-12(15)9-7-11/h3-10,14,16H,2H2,1H3/t14-/m0/s1. The average molecular weight is 230 g/mol. The molecule has 0 unspecified atom stereocenters. The Labute approximate surface area is 101 Å². The number of rotatable bonds is 4. The molecule has 0 aliphatic rings. The molecule has 1 N–H and O–H groups in total. The smallest absolute Gasteiger partial charge is 0.123 e. The van der Waals surface area contributed by atoms with E-state index >= 15 is 0 Å². The van der Waals surface area contributed by atoms with Crippen LogP contribution in [-0.2, 0) is 0 Å². The molecule has 1 aromatic carbocycles. The molecule has 1 atom stereocenters. The molecule has 0 bridgehead atoms. The predicted molar refractivity (Wildman–Crippen MR) is 66.2 cm³/mol. The summed E-state index contributed by atoms with van der Waals surface area (Å²) in [6, 6.07) is 12.4. The Hall–Kier alpha value is -1.74. The van der Waals surface area contributed by atoms with Crippen molar-refractivity contribution in [2.24, 2.45) is 0 Å². The summed E-state index contributed by atoms with van der Waals surface area (Å²) in [6.45, 7) is 2.87. The van der Waals surface area contributed by atoms with Crippen LogP contribution in [-0.4, -0.2) is 11.5 Å². The Kier molecular flexibility index (Phi) is 3.83. The summed E-state index contributed by atoms with van der Waals surface area (Å²) in [5.74, 6) is -0.218. The van der Waals surface area contributed by atoms with Gasteiger partial charge < -0.3 is 5.32 Å². The second kappa shape index (κ2) is 5.55. The molecule has 1 aromatic heterocycles. The number of hydrogen-bond acceptors (Lipinski definition) is 2. The first-order chi connectivity index (χ1) is 8.31. The maximum atomic E-state index is 12.9. The Bertz CT molecular complexity index is 453. The van der Waals surface area contributed by atoms with Gasteiger partial charge >= 0.3 is 0 Å². The molecule has 0 spiro atoms. The first-order valence-electron chi connectivity index (χ1n) is 5.71. The second-order valence-corrected chi connectivity index (χ2v) is 3.80. The van der Waals surface area contributed by atoms with Gasteiger partial charge in [0, 0.05) is 6.20 Å². The number of hydrogen-bond donors (Lipinski definition) is 1. The van der Waals surface area contributed by atoms with Crippen LogP contribution in [0.1, 0.15) is 24.2 Å². The predicted octanol–water partition coefficient (Wildman–Crippen LogP) is 2.92. The van der Waals surface area contributed by atoms with Gasteiger partial charge in [0.15, 0.2) is 0 Å². The van der Waals surface area contributed by atoms with Crippen LogP contribution < -0.4 is 5.32 Å². The topological polar surface area (TPSA) is 24.9 Å². The Morgan fingerprint density at radius 3 is 2.53 bits per heavy atom. The number of benzene rings is 1. The Morgan fingerprint density at radius 1 is 1.18 bits per heavy atom. The van der Waals surface area contributed by atoms with Gasteiger partial charge in [0.1, 0.15) is 5.82 Å². The van der Waals surface area contributed by atoms with Crippen LogP contribution in [0.2, 0.25) is 0 Å². The van der Waals surface area contributed by atoms with Crippen LogP contribution in [0.4, 0.5) is 4.39 Å². The molecule has 0 amide bonds. The maximum absolute atomic E-state index is 12.9. The van der Waals surface area contributed by atoms with E-state index in [-0.39, 0.29) is 11.9 Å². The lowest BCUT2D eigenvalue weighted by atomic mass is 10.0. The fourth-order valence-corrected chi connectivity index (χ4v) is 1.80. The summed E-state index contributed by atoms with van der Waals surface area (Å²) in [4.78, 5) is 4.34. The van der Waals surface area contributed by atoms with Crippen LogP contribution in [0.15, 0.2) is 48.7 Å². The van der Waals surface area contributed by atoms with E-state index < -0.39 is 0 Å². The molecule has 0 aliphatic heterocycles. The van der Waals surface area contributed by atoms with Crippen LogP contribution >= 0.6 is 0 Å². The van der Waals surface area contributed by atoms with Gasteiger partial charge in [0.05, 0.1) is 11.7 Å². The highest BCUT2D eigenvalue weighted by Crippen LogP contribution is 2.20. The zero-order chi connectivity index (χ0) is 12.1. The van der Waals surface area contributed by atoms with Crippen molar-refractivity contribution in [3.8, 4) is 0 Å². The van der Waals surface area contributed by atoms with Crippen LogP contribution in [0.25, 0.3) is 0 Å². The molecule has 2 aromatic rings. The highest BCUT2D eigenvalue weighted by atomic mass is 19.1. The largest absolute Gasteiger partial charge is 0.305 e. The van der Waals surface area contributed by atoms with Crippen molar-refractivity contribution in [2.75, 3.05) is 6.54 Å². The SMILES string of the molecule is CCN[C@@H](c1ccc(F)cc1)c1ccccn1. The van der Waals surface area contributed by atoms with E-state index in [4.69, 9.17) is 0 Å². The minimum absolute atomic E-state index is 0.0156. The summed E-state index contributed by atoms with van der Waals surface area (Å²) in [5.41, 5.74) is 1.97. The zero-order valence-corrected chi connectivity index (χ0v) is 9.73. The fourth-order valence-electron chi connectivity index (χ4n) is 1.80. The lowest BCUT2D eigenvalue weighted by molar-refractivity contribution is 0.605. The summed E-state index contributed by atoms with van der Waals surface area (Å²) >= 11 is 0. The highest BCUT2D eigenvalue weighted by molar-refractivity contribution is 5.27. The summed E-state index contributed by atoms with van der Waals surface area (Å²) in [5, 5.41) is 3.35. The van der Waals surface area contributed by atoms with Crippen molar-refractivity contribution < 1.29 is 4.39 Å². The number of aromatic nitrogens is 1. The van der Waals surface area contributed by atoms with Crippen LogP contribution in [0.3, 0.4) is 0 Å². The van der Waals surface area contributed by atoms with Gasteiger partial charge in [-0.15, -0.1) is 0 Å². The summed E-state index contributed by atoms with van der Waals surface area (Å²) in [7, 11) is 0. The molecule has 0 saturated carbocycles. The lowest BCUT2D eigenvalue weighted by Gasteiger charge is -2.17. The average Bonchev–Trinajstić information content (AvgIpc) is 2.38. The van der Waals surface area contributed by atoms with Crippen molar-refractivity contribution in [1.29, 1.82) is 0 Å². The minimum atomic E-state index is -0.218. The third-order valence-corrected chi connectivity index (χ3v) is 2.60. The van der Waals surface area contributed by atoms with Gasteiger partial charge in [-0.05, 0) is 36.4 Å². The highest BCUT2D eigenvalue weighted by Gasteiger charge is 2.13. The molecule has 2 nitrogen and oxygen atoms in total. The number of halogens is 1. The Balaban J connectivity index is 2.32. The molecule has 0 fully saturated rings. The maximum Gasteiger partial charge on any atom is 0.123 e. The van der Waals surface area contributed by atoms with E-state index in [0.29, 0.717) is 0 Å². The number of pyridine rings is 1. The minimum Gasteiger partial charge on any atom is -0.305 e. The summed E-state index contributed by atoms with van der Waals surface area (Å²) < 4.78 is 12.9. The molecule has 3 heteroatoms. The molecule has 17 heavy (non-hydrogen) atoms. The van der Waals surface area contributed by atoms with Gasteiger partial charge in [0.2, 0.25) is 0 Å². The number of nitrogens with zero attached hydrogens (tertiary/aromatic N) is 1. The molecular formula is C14H15FN2. The first kappa shape index (κ1) is 11.7. The third-order valence-electron chi connectivity index (χ3n) is 2.60. The number of nitrogens with one attached hydrogen (secondary N) is 1. The van der Waals surface area contributed by atoms with Gasteiger partial charge in [-0.25, -0.2) is 4.39 Å². The van der Waals surface area contributed by atoms with Gasteiger partial charge in [0.25, 0.3) is 0 Å². The van der Waals surface area contributed by atoms with Crippen molar-refractivity contribution in [3.63, 3.8) is 0 Å².